The second-order valence-electron chi connectivity index (χ2n) is 2.91. The molecule has 4 heteroatoms. The predicted molar refractivity (Wildman–Crippen MR) is 58.6 cm³/mol. The van der Waals surface area contributed by atoms with Gasteiger partial charge in [-0.1, -0.05) is 24.3 Å². The van der Waals surface area contributed by atoms with E-state index >= 15 is 0 Å². The van der Waals surface area contributed by atoms with Gasteiger partial charge in [0.05, 0.1) is 11.5 Å². The topological polar surface area (TPSA) is 52.4 Å². The van der Waals surface area contributed by atoms with Crippen LogP contribution in [0.15, 0.2) is 30.3 Å². The molecule has 0 spiro atoms. The third kappa shape index (κ3) is 3.91. The van der Waals surface area contributed by atoms with Crippen molar-refractivity contribution in [3.05, 3.63) is 46.0 Å². The van der Waals surface area contributed by atoms with Crippen molar-refractivity contribution in [2.24, 2.45) is 0 Å². The molecule has 0 atom stereocenters. The summed E-state index contributed by atoms with van der Waals surface area (Å²) < 4.78 is 5.11. The maximum Gasteiger partial charge on any atom is 0.270 e. The Labute approximate surface area is 88.3 Å². The summed E-state index contributed by atoms with van der Waals surface area (Å²) in [6.45, 7) is 3.11. The van der Waals surface area contributed by atoms with E-state index in [4.69, 9.17) is 4.74 Å². The lowest BCUT2D eigenvalue weighted by molar-refractivity contribution is -0.384. The monoisotopic (exact) mass is 207 g/mol. The molecule has 0 radical (unpaired) electrons. The standard InChI is InChI=1S/C11H13NO3/c1-2-15-8-4-6-10-5-3-7-11(9-10)12(13)14/h3-7,9H,2,8H2,1H3. The van der Waals surface area contributed by atoms with Crippen LogP contribution in [0.4, 0.5) is 5.69 Å². The van der Waals surface area contributed by atoms with Gasteiger partial charge in [0.2, 0.25) is 0 Å². The van der Waals surface area contributed by atoms with Crippen molar-refractivity contribution in [1.82, 2.24) is 0 Å². The van der Waals surface area contributed by atoms with Crippen LogP contribution in [0.2, 0.25) is 0 Å². The molecule has 1 rings (SSSR count). The number of non-ortho nitro benzene ring substituents is 1. The van der Waals surface area contributed by atoms with Crippen LogP contribution in [-0.4, -0.2) is 18.1 Å². The van der Waals surface area contributed by atoms with Gasteiger partial charge in [0.15, 0.2) is 0 Å². The maximum absolute atomic E-state index is 10.5. The lowest BCUT2D eigenvalue weighted by atomic mass is 10.2. The highest BCUT2D eigenvalue weighted by Crippen LogP contribution is 2.13. The van der Waals surface area contributed by atoms with E-state index in [1.54, 1.807) is 6.07 Å². The zero-order valence-electron chi connectivity index (χ0n) is 8.55. The van der Waals surface area contributed by atoms with Crippen LogP contribution in [0.5, 0.6) is 0 Å². The molecule has 1 aromatic rings. The van der Waals surface area contributed by atoms with Gasteiger partial charge in [0.1, 0.15) is 0 Å². The fourth-order valence-corrected chi connectivity index (χ4v) is 1.11. The molecule has 15 heavy (non-hydrogen) atoms. The molecule has 0 unspecified atom stereocenters. The molecular formula is C11H13NO3. The van der Waals surface area contributed by atoms with Crippen LogP contribution in [-0.2, 0) is 4.74 Å². The van der Waals surface area contributed by atoms with Gasteiger partial charge in [0, 0.05) is 18.7 Å². The molecule has 0 heterocycles. The average Bonchev–Trinajstić information content (AvgIpc) is 2.25. The number of rotatable bonds is 5. The predicted octanol–water partition coefficient (Wildman–Crippen LogP) is 2.64. The molecule has 0 saturated heterocycles. The van der Waals surface area contributed by atoms with E-state index in [2.05, 4.69) is 0 Å². The largest absolute Gasteiger partial charge is 0.378 e. The smallest absolute Gasteiger partial charge is 0.270 e. The van der Waals surface area contributed by atoms with Crippen LogP contribution in [0.25, 0.3) is 6.08 Å². The van der Waals surface area contributed by atoms with E-state index in [0.717, 1.165) is 5.56 Å². The Morgan fingerprint density at radius 2 is 2.33 bits per heavy atom. The van der Waals surface area contributed by atoms with Crippen molar-refractivity contribution in [3.8, 4) is 0 Å². The zero-order chi connectivity index (χ0) is 11.1. The van der Waals surface area contributed by atoms with E-state index in [1.165, 1.54) is 12.1 Å². The second-order valence-corrected chi connectivity index (χ2v) is 2.91. The Balaban J connectivity index is 2.65. The minimum atomic E-state index is -0.403. The number of nitrogens with zero attached hydrogens (tertiary/aromatic N) is 1. The van der Waals surface area contributed by atoms with E-state index < -0.39 is 4.92 Å². The van der Waals surface area contributed by atoms with Gasteiger partial charge in [-0.2, -0.15) is 0 Å². The Morgan fingerprint density at radius 1 is 1.53 bits per heavy atom. The molecule has 0 aliphatic heterocycles. The minimum Gasteiger partial charge on any atom is -0.378 e. The average molecular weight is 207 g/mol. The summed E-state index contributed by atoms with van der Waals surface area (Å²) in [6.07, 6.45) is 3.64. The van der Waals surface area contributed by atoms with Crippen molar-refractivity contribution < 1.29 is 9.66 Å². The molecule has 0 saturated carbocycles. The van der Waals surface area contributed by atoms with E-state index in [-0.39, 0.29) is 5.69 Å². The molecule has 1 aromatic carbocycles. The number of ether oxygens (including phenoxy) is 1. The Kier molecular flexibility index (Phi) is 4.50. The summed E-state index contributed by atoms with van der Waals surface area (Å²) in [5.41, 5.74) is 0.914. The van der Waals surface area contributed by atoms with Gasteiger partial charge in [-0.05, 0) is 12.5 Å². The highest BCUT2D eigenvalue weighted by atomic mass is 16.6. The first-order chi connectivity index (χ1) is 7.24. The lowest BCUT2D eigenvalue weighted by Gasteiger charge is -1.95. The Hall–Kier alpha value is -1.68. The fourth-order valence-electron chi connectivity index (χ4n) is 1.11. The zero-order valence-corrected chi connectivity index (χ0v) is 8.55. The van der Waals surface area contributed by atoms with E-state index in [1.807, 2.05) is 25.1 Å². The summed E-state index contributed by atoms with van der Waals surface area (Å²) in [6, 6.07) is 6.48. The molecule has 80 valence electrons. The summed E-state index contributed by atoms with van der Waals surface area (Å²) >= 11 is 0. The quantitative estimate of drug-likeness (QED) is 0.423. The number of hydrogen-bond donors (Lipinski definition) is 0. The van der Waals surface area contributed by atoms with Crippen LogP contribution in [0.1, 0.15) is 12.5 Å². The van der Waals surface area contributed by atoms with Gasteiger partial charge in [-0.15, -0.1) is 0 Å². The van der Waals surface area contributed by atoms with E-state index in [0.29, 0.717) is 13.2 Å². The van der Waals surface area contributed by atoms with Crippen LogP contribution in [0.3, 0.4) is 0 Å². The highest BCUT2D eigenvalue weighted by molar-refractivity contribution is 5.53. The van der Waals surface area contributed by atoms with Crippen LogP contribution < -0.4 is 0 Å². The summed E-state index contributed by atoms with van der Waals surface area (Å²) in [5, 5.41) is 10.5. The van der Waals surface area contributed by atoms with Crippen molar-refractivity contribution in [3.63, 3.8) is 0 Å². The number of hydrogen-bond acceptors (Lipinski definition) is 3. The summed E-state index contributed by atoms with van der Waals surface area (Å²) in [4.78, 5) is 10.1. The van der Waals surface area contributed by atoms with Crippen molar-refractivity contribution in [2.75, 3.05) is 13.2 Å². The first-order valence-corrected chi connectivity index (χ1v) is 4.72. The van der Waals surface area contributed by atoms with Gasteiger partial charge < -0.3 is 4.74 Å². The Morgan fingerprint density at radius 3 is 3.00 bits per heavy atom. The molecular weight excluding hydrogens is 194 g/mol. The molecule has 0 aliphatic rings. The molecule has 0 amide bonds. The maximum atomic E-state index is 10.5. The SMILES string of the molecule is CCOCC=Cc1cccc([N+](=O)[O-])c1. The number of benzene rings is 1. The van der Waals surface area contributed by atoms with E-state index in [9.17, 15) is 10.1 Å². The normalized spacial score (nSPS) is 10.7. The molecule has 0 N–H and O–H groups in total. The first kappa shape index (κ1) is 11.4. The van der Waals surface area contributed by atoms with Crippen LogP contribution >= 0.6 is 0 Å². The third-order valence-electron chi connectivity index (χ3n) is 1.81. The third-order valence-corrected chi connectivity index (χ3v) is 1.81. The molecule has 0 aliphatic carbocycles. The van der Waals surface area contributed by atoms with Gasteiger partial charge in [-0.25, -0.2) is 0 Å². The first-order valence-electron chi connectivity index (χ1n) is 4.72. The molecule has 0 aromatic heterocycles. The summed E-state index contributed by atoms with van der Waals surface area (Å²) in [7, 11) is 0. The van der Waals surface area contributed by atoms with Crippen molar-refractivity contribution in [1.29, 1.82) is 0 Å². The van der Waals surface area contributed by atoms with Crippen LogP contribution in [0, 0.1) is 10.1 Å². The van der Waals surface area contributed by atoms with Gasteiger partial charge >= 0.3 is 0 Å². The lowest BCUT2D eigenvalue weighted by Crippen LogP contribution is -1.89. The molecule has 0 fully saturated rings. The number of nitro groups is 1. The molecule has 4 nitrogen and oxygen atoms in total. The Bertz CT molecular complexity index is 361. The minimum absolute atomic E-state index is 0.105. The summed E-state index contributed by atoms with van der Waals surface area (Å²) in [5.74, 6) is 0. The second kappa shape index (κ2) is 5.93. The highest BCUT2D eigenvalue weighted by Gasteiger charge is 2.02. The van der Waals surface area contributed by atoms with Crippen molar-refractivity contribution >= 4 is 11.8 Å². The van der Waals surface area contributed by atoms with Crippen molar-refractivity contribution in [2.45, 2.75) is 6.92 Å². The molecule has 0 bridgehead atoms. The van der Waals surface area contributed by atoms with Gasteiger partial charge in [0.25, 0.3) is 5.69 Å². The fraction of sp³-hybridized carbons (Fsp3) is 0.273. The number of nitro benzene ring substituents is 1. The van der Waals surface area contributed by atoms with Gasteiger partial charge in [-0.3, -0.25) is 10.1 Å².